The molecule has 0 atom stereocenters. The molecule has 2 aromatic rings. The fraction of sp³-hybridized carbons (Fsp3) is 0.435. The average molecular weight is 396 g/mol. The molecule has 1 aromatic heterocycles. The SMILES string of the molecule is COc1cccc(CCNC(=O)c2cccc(C(=O)NC3CCCCCC3)n2)c1. The van der Waals surface area contributed by atoms with E-state index < -0.39 is 0 Å². The van der Waals surface area contributed by atoms with Crippen molar-refractivity contribution < 1.29 is 14.3 Å². The normalized spacial score (nSPS) is 14.7. The fourth-order valence-electron chi connectivity index (χ4n) is 3.61. The highest BCUT2D eigenvalue weighted by Gasteiger charge is 2.17. The molecular weight excluding hydrogens is 366 g/mol. The van der Waals surface area contributed by atoms with Gasteiger partial charge in [0.2, 0.25) is 0 Å². The first kappa shape index (κ1) is 20.8. The van der Waals surface area contributed by atoms with Crippen molar-refractivity contribution in [1.82, 2.24) is 15.6 Å². The summed E-state index contributed by atoms with van der Waals surface area (Å²) < 4.78 is 5.21. The molecule has 154 valence electrons. The molecular formula is C23H29N3O3. The van der Waals surface area contributed by atoms with Gasteiger partial charge in [0.25, 0.3) is 11.8 Å². The van der Waals surface area contributed by atoms with Gasteiger partial charge in [0, 0.05) is 12.6 Å². The first-order valence-electron chi connectivity index (χ1n) is 10.3. The Bertz CT molecular complexity index is 830. The second kappa shape index (κ2) is 10.6. The minimum atomic E-state index is -0.281. The maximum atomic E-state index is 12.5. The van der Waals surface area contributed by atoms with Gasteiger partial charge in [-0.2, -0.15) is 0 Å². The van der Waals surface area contributed by atoms with E-state index in [1.54, 1.807) is 25.3 Å². The van der Waals surface area contributed by atoms with Crippen LogP contribution in [0.4, 0.5) is 0 Å². The third-order valence-electron chi connectivity index (χ3n) is 5.24. The summed E-state index contributed by atoms with van der Waals surface area (Å²) in [7, 11) is 1.63. The van der Waals surface area contributed by atoms with E-state index in [2.05, 4.69) is 15.6 Å². The Hall–Kier alpha value is -2.89. The lowest BCUT2D eigenvalue weighted by Gasteiger charge is -2.16. The Morgan fingerprint density at radius 2 is 1.69 bits per heavy atom. The Morgan fingerprint density at radius 1 is 1.00 bits per heavy atom. The van der Waals surface area contributed by atoms with E-state index in [-0.39, 0.29) is 29.2 Å². The van der Waals surface area contributed by atoms with Crippen LogP contribution in [0.3, 0.4) is 0 Å². The van der Waals surface area contributed by atoms with Crippen molar-refractivity contribution in [3.05, 3.63) is 59.4 Å². The van der Waals surface area contributed by atoms with Gasteiger partial charge in [-0.25, -0.2) is 4.98 Å². The summed E-state index contributed by atoms with van der Waals surface area (Å²) in [6, 6.07) is 12.9. The standard InChI is InChI=1S/C23H29N3O3/c1-29-19-11-6-8-17(16-19)14-15-24-22(27)20-12-7-13-21(26-20)23(28)25-18-9-4-2-3-5-10-18/h6-8,11-13,16,18H,2-5,9-10,14-15H2,1H3,(H,24,27)(H,25,28). The third kappa shape index (κ3) is 6.31. The van der Waals surface area contributed by atoms with Crippen molar-refractivity contribution in [2.75, 3.05) is 13.7 Å². The highest BCUT2D eigenvalue weighted by molar-refractivity contribution is 5.96. The molecule has 0 unspecified atom stereocenters. The summed E-state index contributed by atoms with van der Waals surface area (Å²) in [4.78, 5) is 29.3. The number of benzene rings is 1. The van der Waals surface area contributed by atoms with E-state index in [9.17, 15) is 9.59 Å². The summed E-state index contributed by atoms with van der Waals surface area (Å²) in [5.41, 5.74) is 1.62. The highest BCUT2D eigenvalue weighted by Crippen LogP contribution is 2.17. The number of amides is 2. The molecule has 1 aromatic carbocycles. The smallest absolute Gasteiger partial charge is 0.270 e. The van der Waals surface area contributed by atoms with E-state index >= 15 is 0 Å². The molecule has 2 N–H and O–H groups in total. The number of nitrogens with zero attached hydrogens (tertiary/aromatic N) is 1. The molecule has 0 aliphatic heterocycles. The molecule has 0 saturated heterocycles. The molecule has 1 heterocycles. The van der Waals surface area contributed by atoms with Crippen LogP contribution in [0.15, 0.2) is 42.5 Å². The van der Waals surface area contributed by atoms with Gasteiger partial charge in [0.15, 0.2) is 0 Å². The van der Waals surface area contributed by atoms with Gasteiger partial charge in [-0.05, 0) is 49.1 Å². The van der Waals surface area contributed by atoms with Crippen molar-refractivity contribution >= 4 is 11.8 Å². The molecule has 1 aliphatic rings. The number of rotatable bonds is 7. The summed E-state index contributed by atoms with van der Waals surface area (Å²) in [5.74, 6) is 0.308. The van der Waals surface area contributed by atoms with Gasteiger partial charge >= 0.3 is 0 Å². The summed E-state index contributed by atoms with van der Waals surface area (Å²) >= 11 is 0. The second-order valence-corrected chi connectivity index (χ2v) is 7.43. The van der Waals surface area contributed by atoms with Gasteiger partial charge in [0.1, 0.15) is 17.1 Å². The molecule has 0 spiro atoms. The van der Waals surface area contributed by atoms with E-state index in [0.29, 0.717) is 13.0 Å². The maximum Gasteiger partial charge on any atom is 0.270 e. The number of pyridine rings is 1. The number of nitrogens with one attached hydrogen (secondary N) is 2. The molecule has 0 radical (unpaired) electrons. The minimum Gasteiger partial charge on any atom is -0.497 e. The Kier molecular flexibility index (Phi) is 7.61. The zero-order valence-electron chi connectivity index (χ0n) is 16.9. The van der Waals surface area contributed by atoms with Crippen LogP contribution in [0.2, 0.25) is 0 Å². The lowest BCUT2D eigenvalue weighted by atomic mass is 10.1. The lowest BCUT2D eigenvalue weighted by Crippen LogP contribution is -2.35. The number of aromatic nitrogens is 1. The molecule has 1 fully saturated rings. The van der Waals surface area contributed by atoms with Crippen molar-refractivity contribution in [3.63, 3.8) is 0 Å². The molecule has 0 bridgehead atoms. The number of carbonyl (C=O) groups excluding carboxylic acids is 2. The minimum absolute atomic E-state index is 0.201. The second-order valence-electron chi connectivity index (χ2n) is 7.43. The number of hydrogen-bond donors (Lipinski definition) is 2. The quantitative estimate of drug-likeness (QED) is 0.703. The maximum absolute atomic E-state index is 12.5. The lowest BCUT2D eigenvalue weighted by molar-refractivity contribution is 0.0927. The van der Waals surface area contributed by atoms with Crippen LogP contribution in [-0.4, -0.2) is 36.5 Å². The van der Waals surface area contributed by atoms with Crippen LogP contribution in [0, 0.1) is 0 Å². The zero-order valence-corrected chi connectivity index (χ0v) is 16.9. The Morgan fingerprint density at radius 3 is 2.41 bits per heavy atom. The van der Waals surface area contributed by atoms with Gasteiger partial charge in [-0.3, -0.25) is 9.59 Å². The molecule has 6 heteroatoms. The number of carbonyl (C=O) groups is 2. The summed E-state index contributed by atoms with van der Waals surface area (Å²) in [6.45, 7) is 0.478. The molecule has 3 rings (SSSR count). The van der Waals surface area contributed by atoms with Gasteiger partial charge < -0.3 is 15.4 Å². The van der Waals surface area contributed by atoms with Crippen LogP contribution in [0.5, 0.6) is 5.75 Å². The third-order valence-corrected chi connectivity index (χ3v) is 5.24. The van der Waals surface area contributed by atoms with E-state index in [0.717, 1.165) is 37.0 Å². The molecule has 1 saturated carbocycles. The number of hydrogen-bond acceptors (Lipinski definition) is 4. The first-order chi connectivity index (χ1) is 14.2. The van der Waals surface area contributed by atoms with Gasteiger partial charge in [-0.15, -0.1) is 0 Å². The van der Waals surface area contributed by atoms with Crippen molar-refractivity contribution in [3.8, 4) is 5.75 Å². The summed E-state index contributed by atoms with van der Waals surface area (Å²) in [5, 5.41) is 5.94. The summed E-state index contributed by atoms with van der Waals surface area (Å²) in [6.07, 6.45) is 7.46. The predicted molar refractivity (Wildman–Crippen MR) is 112 cm³/mol. The van der Waals surface area contributed by atoms with Crippen LogP contribution in [-0.2, 0) is 6.42 Å². The molecule has 2 amide bonds. The number of ether oxygens (including phenoxy) is 1. The first-order valence-corrected chi connectivity index (χ1v) is 10.3. The predicted octanol–water partition coefficient (Wildman–Crippen LogP) is 3.52. The Balaban J connectivity index is 1.53. The van der Waals surface area contributed by atoms with Crippen LogP contribution in [0.1, 0.15) is 65.1 Å². The van der Waals surface area contributed by atoms with E-state index in [1.165, 1.54) is 12.8 Å². The zero-order chi connectivity index (χ0) is 20.5. The molecule has 6 nitrogen and oxygen atoms in total. The van der Waals surface area contributed by atoms with Gasteiger partial charge in [0.05, 0.1) is 7.11 Å². The largest absolute Gasteiger partial charge is 0.497 e. The van der Waals surface area contributed by atoms with Gasteiger partial charge in [-0.1, -0.05) is 43.9 Å². The molecule has 1 aliphatic carbocycles. The number of methoxy groups -OCH3 is 1. The average Bonchev–Trinajstić information content (AvgIpc) is 3.02. The highest BCUT2D eigenvalue weighted by atomic mass is 16.5. The Labute approximate surface area is 172 Å². The van der Waals surface area contributed by atoms with E-state index in [1.807, 2.05) is 24.3 Å². The van der Waals surface area contributed by atoms with Crippen LogP contribution < -0.4 is 15.4 Å². The topological polar surface area (TPSA) is 80.3 Å². The van der Waals surface area contributed by atoms with Crippen molar-refractivity contribution in [2.24, 2.45) is 0 Å². The van der Waals surface area contributed by atoms with Crippen molar-refractivity contribution in [1.29, 1.82) is 0 Å². The van der Waals surface area contributed by atoms with Crippen molar-refractivity contribution in [2.45, 2.75) is 51.0 Å². The fourth-order valence-corrected chi connectivity index (χ4v) is 3.61. The molecule has 29 heavy (non-hydrogen) atoms. The van der Waals surface area contributed by atoms with E-state index in [4.69, 9.17) is 4.74 Å². The van der Waals surface area contributed by atoms with Crippen LogP contribution in [0.25, 0.3) is 0 Å². The monoisotopic (exact) mass is 395 g/mol. The van der Waals surface area contributed by atoms with Crippen LogP contribution >= 0.6 is 0 Å².